The van der Waals surface area contributed by atoms with Crippen LogP contribution < -0.4 is 5.32 Å². The van der Waals surface area contributed by atoms with Gasteiger partial charge in [0.05, 0.1) is 19.5 Å². The van der Waals surface area contributed by atoms with Gasteiger partial charge in [-0.25, -0.2) is 17.5 Å². The number of hydrogen-bond donors (Lipinski definition) is 1. The van der Waals surface area contributed by atoms with Gasteiger partial charge >= 0.3 is 6.03 Å². The Bertz CT molecular complexity index is 550. The summed E-state index contributed by atoms with van der Waals surface area (Å²) < 4.78 is 30.3. The maximum atomic E-state index is 12.5. The number of carbonyl (C=O) groups excluding carboxylic acids is 1. The van der Waals surface area contributed by atoms with Gasteiger partial charge in [0.1, 0.15) is 0 Å². The molecule has 0 aromatic rings. The normalized spacial score (nSPS) is 30.0. The Balaban J connectivity index is 1.46. The number of ether oxygens (including phenoxy) is 1. The topological polar surface area (TPSA) is 79.0 Å². The smallest absolute Gasteiger partial charge is 0.317 e. The predicted molar refractivity (Wildman–Crippen MR) is 91.1 cm³/mol. The molecule has 3 aliphatic rings. The lowest BCUT2D eigenvalue weighted by Gasteiger charge is -2.35. The number of hydrogen-bond acceptors (Lipinski definition) is 4. The van der Waals surface area contributed by atoms with Gasteiger partial charge in [-0.05, 0) is 18.3 Å². The molecular formula is C16H29N3O4S. The zero-order valence-corrected chi connectivity index (χ0v) is 15.3. The van der Waals surface area contributed by atoms with E-state index in [4.69, 9.17) is 4.74 Å². The molecule has 3 rings (SSSR count). The molecular weight excluding hydrogens is 330 g/mol. The lowest BCUT2D eigenvalue weighted by atomic mass is 9.76. The van der Waals surface area contributed by atoms with Crippen LogP contribution in [-0.4, -0.2) is 75.8 Å². The molecule has 2 atom stereocenters. The van der Waals surface area contributed by atoms with Crippen LogP contribution in [0.5, 0.6) is 0 Å². The first-order valence-corrected chi connectivity index (χ1v) is 10.8. The molecule has 7 nitrogen and oxygen atoms in total. The highest BCUT2D eigenvalue weighted by atomic mass is 32.2. The fourth-order valence-electron chi connectivity index (χ4n) is 3.83. The van der Waals surface area contributed by atoms with Gasteiger partial charge in [-0.3, -0.25) is 0 Å². The molecule has 2 aliphatic heterocycles. The average Bonchev–Trinajstić information content (AvgIpc) is 2.83. The highest BCUT2D eigenvalue weighted by Crippen LogP contribution is 2.34. The van der Waals surface area contributed by atoms with E-state index < -0.39 is 10.0 Å². The summed E-state index contributed by atoms with van der Waals surface area (Å²) in [5, 5.41) is 3.00. The minimum Gasteiger partial charge on any atom is -0.379 e. The molecule has 0 aromatic heterocycles. The number of nitrogens with zero attached hydrogens (tertiary/aromatic N) is 2. The number of sulfonamides is 1. The SMILES string of the molecule is CS(=O)(=O)N1CCC(CNC(=O)N2CCOCC(C3CCC3)C2)C1. The number of carbonyl (C=O) groups is 1. The fourth-order valence-corrected chi connectivity index (χ4v) is 4.74. The highest BCUT2D eigenvalue weighted by molar-refractivity contribution is 7.88. The second-order valence-electron chi connectivity index (χ2n) is 7.43. The summed E-state index contributed by atoms with van der Waals surface area (Å²) in [4.78, 5) is 14.4. The van der Waals surface area contributed by atoms with Crippen LogP contribution in [0.25, 0.3) is 0 Å². The van der Waals surface area contributed by atoms with E-state index in [1.165, 1.54) is 29.8 Å². The molecule has 1 saturated carbocycles. The Kier molecular flexibility index (Phi) is 5.66. The minimum absolute atomic E-state index is 0.0392. The number of urea groups is 1. The quantitative estimate of drug-likeness (QED) is 0.802. The van der Waals surface area contributed by atoms with E-state index in [9.17, 15) is 13.2 Å². The highest BCUT2D eigenvalue weighted by Gasteiger charge is 2.33. The Morgan fingerprint density at radius 3 is 2.58 bits per heavy atom. The Labute approximate surface area is 144 Å². The van der Waals surface area contributed by atoms with Crippen LogP contribution in [0.1, 0.15) is 25.7 Å². The molecule has 2 unspecified atom stereocenters. The Morgan fingerprint density at radius 1 is 1.17 bits per heavy atom. The van der Waals surface area contributed by atoms with Crippen molar-refractivity contribution in [2.75, 3.05) is 52.2 Å². The van der Waals surface area contributed by atoms with Crippen molar-refractivity contribution in [1.82, 2.24) is 14.5 Å². The maximum Gasteiger partial charge on any atom is 0.317 e. The van der Waals surface area contributed by atoms with Gasteiger partial charge in [0.15, 0.2) is 0 Å². The molecule has 0 radical (unpaired) electrons. The van der Waals surface area contributed by atoms with Gasteiger partial charge in [0.25, 0.3) is 0 Å². The maximum absolute atomic E-state index is 12.5. The summed E-state index contributed by atoms with van der Waals surface area (Å²) >= 11 is 0. The lowest BCUT2D eigenvalue weighted by Crippen LogP contribution is -2.46. The van der Waals surface area contributed by atoms with Crippen LogP contribution in [0.3, 0.4) is 0 Å². The van der Waals surface area contributed by atoms with Crippen molar-refractivity contribution in [3.05, 3.63) is 0 Å². The van der Waals surface area contributed by atoms with Crippen molar-refractivity contribution in [2.24, 2.45) is 17.8 Å². The third-order valence-corrected chi connectivity index (χ3v) is 6.93. The van der Waals surface area contributed by atoms with Crippen molar-refractivity contribution in [3.63, 3.8) is 0 Å². The van der Waals surface area contributed by atoms with Crippen LogP contribution in [0, 0.1) is 17.8 Å². The Hall–Kier alpha value is -0.860. The lowest BCUT2D eigenvalue weighted by molar-refractivity contribution is 0.0775. The summed E-state index contributed by atoms with van der Waals surface area (Å²) in [7, 11) is -3.12. The number of amides is 2. The van der Waals surface area contributed by atoms with Crippen LogP contribution in [0.4, 0.5) is 4.79 Å². The molecule has 0 aromatic carbocycles. The van der Waals surface area contributed by atoms with Gasteiger partial charge < -0.3 is 15.0 Å². The van der Waals surface area contributed by atoms with Gasteiger partial charge in [-0.2, -0.15) is 0 Å². The molecule has 3 fully saturated rings. The molecule has 8 heteroatoms. The Morgan fingerprint density at radius 2 is 1.96 bits per heavy atom. The average molecular weight is 359 g/mol. The van der Waals surface area contributed by atoms with Crippen molar-refractivity contribution < 1.29 is 17.9 Å². The number of nitrogens with one attached hydrogen (secondary N) is 1. The molecule has 2 amide bonds. The van der Waals surface area contributed by atoms with E-state index in [0.29, 0.717) is 44.6 Å². The van der Waals surface area contributed by atoms with E-state index in [1.807, 2.05) is 4.90 Å². The molecule has 0 bridgehead atoms. The monoisotopic (exact) mass is 359 g/mol. The zero-order valence-electron chi connectivity index (χ0n) is 14.4. The summed E-state index contributed by atoms with van der Waals surface area (Å²) in [5.41, 5.74) is 0. The third kappa shape index (κ3) is 4.40. The molecule has 24 heavy (non-hydrogen) atoms. The predicted octanol–water partition coefficient (Wildman–Crippen LogP) is 0.726. The fraction of sp³-hybridized carbons (Fsp3) is 0.938. The molecule has 2 saturated heterocycles. The van der Waals surface area contributed by atoms with Crippen molar-refractivity contribution in [3.8, 4) is 0 Å². The summed E-state index contributed by atoms with van der Waals surface area (Å²) in [6, 6.07) is -0.0392. The van der Waals surface area contributed by atoms with Crippen LogP contribution in [-0.2, 0) is 14.8 Å². The summed E-state index contributed by atoms with van der Waals surface area (Å²) in [6.45, 7) is 4.37. The van der Waals surface area contributed by atoms with Gasteiger partial charge in [-0.15, -0.1) is 0 Å². The van der Waals surface area contributed by atoms with E-state index >= 15 is 0 Å². The summed E-state index contributed by atoms with van der Waals surface area (Å²) in [6.07, 6.45) is 5.86. The van der Waals surface area contributed by atoms with Crippen LogP contribution >= 0.6 is 0 Å². The molecule has 0 spiro atoms. The molecule has 1 aliphatic carbocycles. The standard InChI is InChI=1S/C16H29N3O4S/c1-24(21,22)19-6-5-13(10-19)9-17-16(20)18-7-8-23-12-15(11-18)14-3-2-4-14/h13-15H,2-12H2,1H3,(H,17,20). The van der Waals surface area contributed by atoms with E-state index in [0.717, 1.165) is 19.6 Å². The van der Waals surface area contributed by atoms with Crippen molar-refractivity contribution >= 4 is 16.1 Å². The second-order valence-corrected chi connectivity index (χ2v) is 9.42. The minimum atomic E-state index is -3.12. The first-order valence-electron chi connectivity index (χ1n) is 8.99. The van der Waals surface area contributed by atoms with E-state index in [-0.39, 0.29) is 11.9 Å². The van der Waals surface area contributed by atoms with Crippen molar-refractivity contribution in [1.29, 1.82) is 0 Å². The second kappa shape index (κ2) is 7.58. The van der Waals surface area contributed by atoms with Gasteiger partial charge in [0, 0.05) is 38.6 Å². The molecule has 2 heterocycles. The summed E-state index contributed by atoms with van der Waals surface area (Å²) in [5.74, 6) is 1.37. The van der Waals surface area contributed by atoms with Crippen LogP contribution in [0.15, 0.2) is 0 Å². The number of rotatable bonds is 4. The largest absolute Gasteiger partial charge is 0.379 e. The van der Waals surface area contributed by atoms with Gasteiger partial charge in [0.2, 0.25) is 10.0 Å². The first kappa shape index (κ1) is 17.9. The third-order valence-electron chi connectivity index (χ3n) is 5.66. The first-order chi connectivity index (χ1) is 11.4. The van der Waals surface area contributed by atoms with Gasteiger partial charge in [-0.1, -0.05) is 19.3 Å². The van der Waals surface area contributed by atoms with E-state index in [1.54, 1.807) is 0 Å². The molecule has 1 N–H and O–H groups in total. The van der Waals surface area contributed by atoms with E-state index in [2.05, 4.69) is 5.32 Å². The zero-order chi connectivity index (χ0) is 17.2. The molecule has 138 valence electrons. The van der Waals surface area contributed by atoms with Crippen molar-refractivity contribution in [2.45, 2.75) is 25.7 Å². The van der Waals surface area contributed by atoms with Crippen LogP contribution in [0.2, 0.25) is 0 Å².